The number of hydrogen-bond acceptors (Lipinski definition) is 4. The summed E-state index contributed by atoms with van der Waals surface area (Å²) in [6.07, 6.45) is 4.70. The molecule has 0 bridgehead atoms. The van der Waals surface area contributed by atoms with E-state index >= 15 is 0 Å². The SMILES string of the molecule is CCOC(=O)Cc1ccc(-c2ccc3c(c2)CCC2(CCN(C(C)(C)C)CC2)O3)cc1. The molecule has 2 aliphatic rings. The topological polar surface area (TPSA) is 38.8 Å². The number of hydrogen-bond donors (Lipinski definition) is 0. The molecule has 31 heavy (non-hydrogen) atoms. The van der Waals surface area contributed by atoms with Crippen LogP contribution in [0.5, 0.6) is 5.75 Å². The van der Waals surface area contributed by atoms with E-state index in [0.717, 1.165) is 55.6 Å². The third-order valence-electron chi connectivity index (χ3n) is 6.80. The van der Waals surface area contributed by atoms with E-state index in [1.807, 2.05) is 19.1 Å². The highest BCUT2D eigenvalue weighted by atomic mass is 16.5. The van der Waals surface area contributed by atoms with Crippen molar-refractivity contribution in [3.8, 4) is 16.9 Å². The van der Waals surface area contributed by atoms with E-state index < -0.39 is 0 Å². The molecule has 4 heteroatoms. The quantitative estimate of drug-likeness (QED) is 0.618. The summed E-state index contributed by atoms with van der Waals surface area (Å²) in [7, 11) is 0. The Balaban J connectivity index is 1.43. The summed E-state index contributed by atoms with van der Waals surface area (Å²) >= 11 is 0. The van der Waals surface area contributed by atoms with Crippen molar-refractivity contribution < 1.29 is 14.3 Å². The first kappa shape index (κ1) is 21.9. The van der Waals surface area contributed by atoms with E-state index in [-0.39, 0.29) is 17.1 Å². The van der Waals surface area contributed by atoms with Crippen LogP contribution >= 0.6 is 0 Å². The molecule has 0 radical (unpaired) electrons. The lowest BCUT2D eigenvalue weighted by Crippen LogP contribution is -2.54. The predicted molar refractivity (Wildman–Crippen MR) is 124 cm³/mol. The maximum absolute atomic E-state index is 11.7. The Kier molecular flexibility index (Phi) is 6.11. The minimum Gasteiger partial charge on any atom is -0.487 e. The normalized spacial score (nSPS) is 18.3. The number of fused-ring (bicyclic) bond motifs is 1. The highest BCUT2D eigenvalue weighted by molar-refractivity contribution is 5.73. The molecule has 0 N–H and O–H groups in total. The molecule has 166 valence electrons. The van der Waals surface area contributed by atoms with Crippen LogP contribution in [-0.2, 0) is 22.4 Å². The Labute approximate surface area is 186 Å². The fraction of sp³-hybridized carbons (Fsp3) is 0.519. The van der Waals surface area contributed by atoms with Gasteiger partial charge in [0.2, 0.25) is 0 Å². The number of benzene rings is 2. The van der Waals surface area contributed by atoms with Gasteiger partial charge >= 0.3 is 5.97 Å². The molecule has 2 heterocycles. The fourth-order valence-corrected chi connectivity index (χ4v) is 4.83. The molecule has 1 saturated heterocycles. The van der Waals surface area contributed by atoms with Gasteiger partial charge in [0.15, 0.2) is 0 Å². The highest BCUT2D eigenvalue weighted by Crippen LogP contribution is 2.41. The van der Waals surface area contributed by atoms with Crippen LogP contribution in [0.4, 0.5) is 0 Å². The first-order chi connectivity index (χ1) is 14.8. The molecule has 4 rings (SSSR count). The zero-order chi connectivity index (χ0) is 22.1. The second kappa shape index (κ2) is 8.66. The molecule has 1 fully saturated rings. The van der Waals surface area contributed by atoms with Crippen LogP contribution in [0.25, 0.3) is 11.1 Å². The maximum atomic E-state index is 11.7. The van der Waals surface area contributed by atoms with Crippen molar-refractivity contribution in [2.45, 2.75) is 70.9 Å². The summed E-state index contributed by atoms with van der Waals surface area (Å²) in [6, 6.07) is 14.8. The third-order valence-corrected chi connectivity index (χ3v) is 6.80. The predicted octanol–water partition coefficient (Wildman–Crippen LogP) is 5.42. The van der Waals surface area contributed by atoms with Crippen molar-refractivity contribution in [2.24, 2.45) is 0 Å². The van der Waals surface area contributed by atoms with E-state index in [1.165, 1.54) is 11.1 Å². The number of rotatable bonds is 4. The van der Waals surface area contributed by atoms with Crippen LogP contribution < -0.4 is 4.74 Å². The molecule has 2 aliphatic heterocycles. The summed E-state index contributed by atoms with van der Waals surface area (Å²) in [5.74, 6) is 0.876. The molecule has 0 amide bonds. The standard InChI is InChI=1S/C27H35NO3/c1-5-30-25(29)18-20-6-8-21(9-7-20)22-10-11-24-23(19-22)12-13-27(31-24)14-16-28(17-15-27)26(2,3)4/h6-11,19H,5,12-18H2,1-4H3. The second-order valence-corrected chi connectivity index (χ2v) is 9.94. The van der Waals surface area contributed by atoms with E-state index in [2.05, 4.69) is 56.0 Å². The number of ether oxygens (including phenoxy) is 2. The molecule has 0 saturated carbocycles. The number of carbonyl (C=O) groups excluding carboxylic acids is 1. The molecule has 2 aromatic carbocycles. The van der Waals surface area contributed by atoms with Crippen molar-refractivity contribution in [1.29, 1.82) is 0 Å². The van der Waals surface area contributed by atoms with E-state index in [0.29, 0.717) is 13.0 Å². The number of piperidine rings is 1. The summed E-state index contributed by atoms with van der Waals surface area (Å²) in [5, 5.41) is 0. The number of carbonyl (C=O) groups is 1. The van der Waals surface area contributed by atoms with Gasteiger partial charge in [-0.15, -0.1) is 0 Å². The zero-order valence-electron chi connectivity index (χ0n) is 19.4. The van der Waals surface area contributed by atoms with Crippen molar-refractivity contribution in [3.05, 3.63) is 53.6 Å². The Morgan fingerprint density at radius 3 is 2.35 bits per heavy atom. The summed E-state index contributed by atoms with van der Waals surface area (Å²) < 4.78 is 11.7. The van der Waals surface area contributed by atoms with Crippen LogP contribution in [-0.4, -0.2) is 41.7 Å². The molecule has 0 unspecified atom stereocenters. The van der Waals surface area contributed by atoms with Crippen LogP contribution in [0, 0.1) is 0 Å². The summed E-state index contributed by atoms with van der Waals surface area (Å²) in [4.78, 5) is 14.3. The molecular weight excluding hydrogens is 386 g/mol. The molecule has 0 aromatic heterocycles. The Hall–Kier alpha value is -2.33. The minimum absolute atomic E-state index is 0.00497. The summed E-state index contributed by atoms with van der Waals surface area (Å²) in [6.45, 7) is 11.4. The number of nitrogens with zero attached hydrogens (tertiary/aromatic N) is 1. The largest absolute Gasteiger partial charge is 0.487 e. The number of aryl methyl sites for hydroxylation is 1. The zero-order valence-corrected chi connectivity index (χ0v) is 19.4. The van der Waals surface area contributed by atoms with Gasteiger partial charge in [0.05, 0.1) is 13.0 Å². The van der Waals surface area contributed by atoms with Gasteiger partial charge in [-0.3, -0.25) is 9.69 Å². The van der Waals surface area contributed by atoms with Gasteiger partial charge in [-0.25, -0.2) is 0 Å². The summed E-state index contributed by atoms with van der Waals surface area (Å²) in [5.41, 5.74) is 4.88. The average molecular weight is 422 g/mol. The van der Waals surface area contributed by atoms with E-state index in [4.69, 9.17) is 9.47 Å². The lowest BCUT2D eigenvalue weighted by Gasteiger charge is -2.48. The maximum Gasteiger partial charge on any atom is 0.310 e. The third kappa shape index (κ3) is 4.95. The lowest BCUT2D eigenvalue weighted by atomic mass is 9.81. The lowest BCUT2D eigenvalue weighted by molar-refractivity contribution is -0.142. The van der Waals surface area contributed by atoms with E-state index in [9.17, 15) is 4.79 Å². The molecular formula is C27H35NO3. The number of likely N-dealkylation sites (tertiary alicyclic amines) is 1. The van der Waals surface area contributed by atoms with Crippen molar-refractivity contribution in [1.82, 2.24) is 4.90 Å². The molecule has 0 atom stereocenters. The second-order valence-electron chi connectivity index (χ2n) is 9.94. The van der Waals surface area contributed by atoms with Gasteiger partial charge in [-0.05, 0) is 87.8 Å². The van der Waals surface area contributed by atoms with Crippen LogP contribution in [0.15, 0.2) is 42.5 Å². The minimum atomic E-state index is -0.177. The fourth-order valence-electron chi connectivity index (χ4n) is 4.83. The van der Waals surface area contributed by atoms with E-state index in [1.54, 1.807) is 0 Å². The Morgan fingerprint density at radius 1 is 1.03 bits per heavy atom. The van der Waals surface area contributed by atoms with Gasteiger partial charge < -0.3 is 9.47 Å². The van der Waals surface area contributed by atoms with Crippen LogP contribution in [0.2, 0.25) is 0 Å². The first-order valence-corrected chi connectivity index (χ1v) is 11.6. The first-order valence-electron chi connectivity index (χ1n) is 11.6. The van der Waals surface area contributed by atoms with Gasteiger partial charge in [-0.1, -0.05) is 30.3 Å². The smallest absolute Gasteiger partial charge is 0.310 e. The molecule has 2 aromatic rings. The molecule has 0 aliphatic carbocycles. The monoisotopic (exact) mass is 421 g/mol. The molecule has 1 spiro atoms. The van der Waals surface area contributed by atoms with Gasteiger partial charge in [-0.2, -0.15) is 0 Å². The van der Waals surface area contributed by atoms with Gasteiger partial charge in [0, 0.05) is 18.6 Å². The average Bonchev–Trinajstić information content (AvgIpc) is 2.74. The van der Waals surface area contributed by atoms with Crippen molar-refractivity contribution >= 4 is 5.97 Å². The van der Waals surface area contributed by atoms with Crippen molar-refractivity contribution in [3.63, 3.8) is 0 Å². The van der Waals surface area contributed by atoms with Crippen molar-refractivity contribution in [2.75, 3.05) is 19.7 Å². The Morgan fingerprint density at radius 2 is 1.71 bits per heavy atom. The highest BCUT2D eigenvalue weighted by Gasteiger charge is 2.41. The van der Waals surface area contributed by atoms with Crippen LogP contribution in [0.1, 0.15) is 58.1 Å². The van der Waals surface area contributed by atoms with Gasteiger partial charge in [0.1, 0.15) is 11.4 Å². The Bertz CT molecular complexity index is 918. The number of esters is 1. The molecule has 4 nitrogen and oxygen atoms in total. The van der Waals surface area contributed by atoms with Crippen LogP contribution in [0.3, 0.4) is 0 Å². The van der Waals surface area contributed by atoms with Gasteiger partial charge in [0.25, 0.3) is 0 Å².